The van der Waals surface area contributed by atoms with E-state index < -0.39 is 11.9 Å². The lowest BCUT2D eigenvalue weighted by Gasteiger charge is -2.22. The van der Waals surface area contributed by atoms with Gasteiger partial charge in [0.25, 0.3) is 0 Å². The minimum absolute atomic E-state index is 0.0424. The van der Waals surface area contributed by atoms with Gasteiger partial charge in [-0.25, -0.2) is 9.59 Å². The summed E-state index contributed by atoms with van der Waals surface area (Å²) in [6.07, 6.45) is 4.47. The molecule has 0 saturated heterocycles. The van der Waals surface area contributed by atoms with Crippen molar-refractivity contribution in [2.75, 3.05) is 0 Å². The molecule has 0 aliphatic carbocycles. The molecular weight excluding hydrogens is 264 g/mol. The van der Waals surface area contributed by atoms with Gasteiger partial charge >= 0.3 is 17.9 Å². The minimum atomic E-state index is -1.82. The minimum Gasteiger partial charge on any atom is -0.473 e. The molecule has 0 spiro atoms. The lowest BCUT2D eigenvalue weighted by Crippen LogP contribution is -2.27. The molecule has 0 saturated carbocycles. The van der Waals surface area contributed by atoms with Crippen LogP contribution in [0.3, 0.4) is 0 Å². The van der Waals surface area contributed by atoms with Crippen LogP contribution in [0.2, 0.25) is 0 Å². The first-order valence-corrected chi connectivity index (χ1v) is 6.70. The van der Waals surface area contributed by atoms with Crippen LogP contribution in [0.15, 0.2) is 0 Å². The first-order valence-electron chi connectivity index (χ1n) is 6.70. The summed E-state index contributed by atoms with van der Waals surface area (Å²) in [5, 5.41) is 14.8. The van der Waals surface area contributed by atoms with E-state index in [1.807, 2.05) is 27.7 Å². The van der Waals surface area contributed by atoms with Crippen molar-refractivity contribution in [3.63, 3.8) is 0 Å². The zero-order valence-electron chi connectivity index (χ0n) is 12.9. The molecule has 20 heavy (non-hydrogen) atoms. The summed E-state index contributed by atoms with van der Waals surface area (Å²) in [5.41, 5.74) is -0.351. The average Bonchev–Trinajstić information content (AvgIpc) is 2.27. The highest BCUT2D eigenvalue weighted by molar-refractivity contribution is 6.27. The SMILES string of the molecule is CCCCCC(C)C(=O)OC(C)(C)C.O=C(O)C(=O)O. The maximum atomic E-state index is 11.5. The molecule has 0 fully saturated rings. The van der Waals surface area contributed by atoms with Crippen molar-refractivity contribution in [2.24, 2.45) is 5.92 Å². The van der Waals surface area contributed by atoms with Crippen LogP contribution in [0.1, 0.15) is 60.3 Å². The van der Waals surface area contributed by atoms with E-state index >= 15 is 0 Å². The normalized spacial score (nSPS) is 11.8. The summed E-state index contributed by atoms with van der Waals surface area (Å²) < 4.78 is 5.29. The van der Waals surface area contributed by atoms with Crippen LogP contribution in [0, 0.1) is 5.92 Å². The van der Waals surface area contributed by atoms with E-state index in [1.165, 1.54) is 12.8 Å². The van der Waals surface area contributed by atoms with Crippen molar-refractivity contribution in [3.05, 3.63) is 0 Å². The van der Waals surface area contributed by atoms with Gasteiger partial charge < -0.3 is 14.9 Å². The quantitative estimate of drug-likeness (QED) is 0.458. The maximum absolute atomic E-state index is 11.5. The number of unbranched alkanes of at least 4 members (excludes halogenated alkanes) is 2. The summed E-state index contributed by atoms with van der Waals surface area (Å²) >= 11 is 0. The van der Waals surface area contributed by atoms with Gasteiger partial charge in [0.2, 0.25) is 0 Å². The van der Waals surface area contributed by atoms with E-state index in [0.717, 1.165) is 12.8 Å². The Bertz CT molecular complexity index is 304. The molecule has 0 bridgehead atoms. The highest BCUT2D eigenvalue weighted by atomic mass is 16.6. The van der Waals surface area contributed by atoms with Gasteiger partial charge in [-0.15, -0.1) is 0 Å². The zero-order valence-corrected chi connectivity index (χ0v) is 12.9. The largest absolute Gasteiger partial charge is 0.473 e. The van der Waals surface area contributed by atoms with Crippen molar-refractivity contribution in [3.8, 4) is 0 Å². The van der Waals surface area contributed by atoms with Crippen molar-refractivity contribution >= 4 is 17.9 Å². The van der Waals surface area contributed by atoms with Crippen molar-refractivity contribution in [1.82, 2.24) is 0 Å². The number of hydrogen-bond acceptors (Lipinski definition) is 4. The summed E-state index contributed by atoms with van der Waals surface area (Å²) in [5.74, 6) is -3.67. The molecule has 1 unspecified atom stereocenters. The second kappa shape index (κ2) is 10.2. The molecule has 0 aromatic carbocycles. The first-order chi connectivity index (χ1) is 9.01. The fourth-order valence-electron chi connectivity index (χ4n) is 1.22. The smallest absolute Gasteiger partial charge is 0.414 e. The number of carboxylic acid groups (broad SMARTS) is 2. The van der Waals surface area contributed by atoms with Crippen molar-refractivity contribution in [2.45, 2.75) is 65.9 Å². The third kappa shape index (κ3) is 14.5. The summed E-state index contributed by atoms with van der Waals surface area (Å²) in [6, 6.07) is 0. The van der Waals surface area contributed by atoms with Crippen molar-refractivity contribution < 1.29 is 29.3 Å². The van der Waals surface area contributed by atoms with Gasteiger partial charge in [0.1, 0.15) is 5.60 Å². The maximum Gasteiger partial charge on any atom is 0.414 e. The number of ether oxygens (including phenoxy) is 1. The van der Waals surface area contributed by atoms with Crippen LogP contribution >= 0.6 is 0 Å². The molecule has 0 aliphatic heterocycles. The molecule has 6 heteroatoms. The molecule has 118 valence electrons. The Kier molecular flexibility index (Phi) is 10.6. The molecule has 0 aromatic rings. The fourth-order valence-corrected chi connectivity index (χ4v) is 1.22. The Morgan fingerprint density at radius 1 is 1.05 bits per heavy atom. The molecule has 0 aromatic heterocycles. The highest BCUT2D eigenvalue weighted by Crippen LogP contribution is 2.15. The van der Waals surface area contributed by atoms with E-state index in [2.05, 4.69) is 6.92 Å². The third-order valence-electron chi connectivity index (χ3n) is 2.23. The fraction of sp³-hybridized carbons (Fsp3) is 0.786. The Morgan fingerprint density at radius 3 is 1.80 bits per heavy atom. The van der Waals surface area contributed by atoms with Crippen LogP contribution in [0.5, 0.6) is 0 Å². The molecule has 0 amide bonds. The van der Waals surface area contributed by atoms with Crippen LogP contribution in [-0.2, 0) is 19.1 Å². The van der Waals surface area contributed by atoms with Gasteiger partial charge in [-0.05, 0) is 27.2 Å². The Labute approximate surface area is 120 Å². The molecule has 0 rings (SSSR count). The van der Waals surface area contributed by atoms with Crippen molar-refractivity contribution in [1.29, 1.82) is 0 Å². The van der Waals surface area contributed by atoms with Gasteiger partial charge in [-0.2, -0.15) is 0 Å². The standard InChI is InChI=1S/C12H24O2.C2H2O4/c1-6-7-8-9-10(2)11(13)14-12(3,4)5;3-1(4)2(5)6/h10H,6-9H2,1-5H3;(H,3,4)(H,5,6). The first kappa shape index (κ1) is 20.7. The van der Waals surface area contributed by atoms with E-state index in [0.29, 0.717) is 0 Å². The van der Waals surface area contributed by atoms with E-state index in [-0.39, 0.29) is 17.5 Å². The zero-order chi connectivity index (χ0) is 16.3. The Morgan fingerprint density at radius 2 is 1.50 bits per heavy atom. The summed E-state index contributed by atoms with van der Waals surface area (Å²) in [4.78, 5) is 29.7. The summed E-state index contributed by atoms with van der Waals surface area (Å²) in [6.45, 7) is 9.83. The number of esters is 1. The Hall–Kier alpha value is -1.59. The molecule has 0 radical (unpaired) electrons. The van der Waals surface area contributed by atoms with Gasteiger partial charge in [0.05, 0.1) is 5.92 Å². The number of aliphatic carboxylic acids is 2. The number of carboxylic acids is 2. The van der Waals surface area contributed by atoms with E-state index in [9.17, 15) is 4.79 Å². The number of hydrogen-bond donors (Lipinski definition) is 2. The van der Waals surface area contributed by atoms with Gasteiger partial charge in [0, 0.05) is 0 Å². The van der Waals surface area contributed by atoms with Gasteiger partial charge in [-0.1, -0.05) is 33.1 Å². The van der Waals surface area contributed by atoms with Crippen LogP contribution in [0.25, 0.3) is 0 Å². The molecule has 0 heterocycles. The van der Waals surface area contributed by atoms with Gasteiger partial charge in [-0.3, -0.25) is 4.79 Å². The highest BCUT2D eigenvalue weighted by Gasteiger charge is 2.20. The van der Waals surface area contributed by atoms with Crippen LogP contribution in [0.4, 0.5) is 0 Å². The van der Waals surface area contributed by atoms with Crippen LogP contribution in [-0.4, -0.2) is 33.7 Å². The number of carbonyl (C=O) groups is 3. The monoisotopic (exact) mass is 290 g/mol. The van der Waals surface area contributed by atoms with Gasteiger partial charge in [0.15, 0.2) is 0 Å². The molecule has 0 aliphatic rings. The summed E-state index contributed by atoms with van der Waals surface area (Å²) in [7, 11) is 0. The molecule has 2 N–H and O–H groups in total. The molecule has 6 nitrogen and oxygen atoms in total. The average molecular weight is 290 g/mol. The molecular formula is C14H26O6. The third-order valence-corrected chi connectivity index (χ3v) is 2.23. The topological polar surface area (TPSA) is 101 Å². The number of rotatable bonds is 5. The predicted molar refractivity (Wildman–Crippen MR) is 74.4 cm³/mol. The lowest BCUT2D eigenvalue weighted by molar-refractivity contribution is -0.159. The van der Waals surface area contributed by atoms with E-state index in [1.54, 1.807) is 0 Å². The lowest BCUT2D eigenvalue weighted by atomic mass is 10.0. The second-order valence-corrected chi connectivity index (χ2v) is 5.54. The number of carbonyl (C=O) groups excluding carboxylic acids is 1. The Balaban J connectivity index is 0. The molecule has 1 atom stereocenters. The van der Waals surface area contributed by atoms with Crippen LogP contribution < -0.4 is 0 Å². The second-order valence-electron chi connectivity index (χ2n) is 5.54. The van der Waals surface area contributed by atoms with E-state index in [4.69, 9.17) is 24.5 Å². The predicted octanol–water partition coefficient (Wildman–Crippen LogP) is 2.70.